The fourth-order valence-corrected chi connectivity index (χ4v) is 1.78. The normalized spacial score (nSPS) is 10.1. The second kappa shape index (κ2) is 6.56. The molecule has 0 aliphatic carbocycles. The van der Waals surface area contributed by atoms with Crippen molar-refractivity contribution >= 4 is 6.29 Å². The Hall–Kier alpha value is -2.56. The van der Waals surface area contributed by atoms with Gasteiger partial charge in [-0.05, 0) is 24.3 Å². The molecule has 0 saturated heterocycles. The van der Waals surface area contributed by atoms with Gasteiger partial charge in [-0.15, -0.1) is 0 Å². The Labute approximate surface area is 116 Å². The van der Waals surface area contributed by atoms with Crippen LogP contribution in [-0.2, 0) is 6.54 Å². The van der Waals surface area contributed by atoms with E-state index in [0.717, 1.165) is 0 Å². The molecule has 1 aromatic carbocycles. The zero-order chi connectivity index (χ0) is 14.4. The predicted molar refractivity (Wildman–Crippen MR) is 74.6 cm³/mol. The summed E-state index contributed by atoms with van der Waals surface area (Å²) < 4.78 is 12.1. The Kier molecular flexibility index (Phi) is 4.55. The number of benzene rings is 1. The summed E-state index contributed by atoms with van der Waals surface area (Å²) in [4.78, 5) is 22.5. The maximum absolute atomic E-state index is 11.5. The molecule has 2 aromatic rings. The molecule has 0 radical (unpaired) electrons. The molecule has 0 saturated carbocycles. The largest absolute Gasteiger partial charge is 0.497 e. The number of nitrogens with zero attached hydrogens (tertiary/aromatic N) is 1. The molecule has 0 atom stereocenters. The number of methoxy groups -OCH3 is 1. The first-order valence-corrected chi connectivity index (χ1v) is 6.16. The van der Waals surface area contributed by atoms with Gasteiger partial charge in [-0.3, -0.25) is 9.59 Å². The summed E-state index contributed by atoms with van der Waals surface area (Å²) in [5.74, 6) is 1.07. The zero-order valence-corrected chi connectivity index (χ0v) is 11.1. The number of aromatic nitrogens is 1. The van der Waals surface area contributed by atoms with Gasteiger partial charge in [0.2, 0.25) is 0 Å². The van der Waals surface area contributed by atoms with Crippen molar-refractivity contribution in [3.8, 4) is 11.5 Å². The van der Waals surface area contributed by atoms with Crippen molar-refractivity contribution in [1.29, 1.82) is 0 Å². The quantitative estimate of drug-likeness (QED) is 0.752. The fourth-order valence-electron chi connectivity index (χ4n) is 1.78. The van der Waals surface area contributed by atoms with Crippen LogP contribution in [0.5, 0.6) is 11.5 Å². The molecule has 0 unspecified atom stereocenters. The van der Waals surface area contributed by atoms with Crippen LogP contribution in [0.4, 0.5) is 0 Å². The third-order valence-corrected chi connectivity index (χ3v) is 2.83. The minimum absolute atomic E-state index is 0.0820. The molecule has 0 fully saturated rings. The van der Waals surface area contributed by atoms with E-state index in [9.17, 15) is 9.59 Å². The maximum Gasteiger partial charge on any atom is 0.250 e. The van der Waals surface area contributed by atoms with Crippen LogP contribution in [0.3, 0.4) is 0 Å². The molecule has 5 heteroatoms. The van der Waals surface area contributed by atoms with Crippen LogP contribution in [0.1, 0.15) is 10.4 Å². The highest BCUT2D eigenvalue weighted by Crippen LogP contribution is 2.22. The van der Waals surface area contributed by atoms with E-state index in [2.05, 4.69) is 0 Å². The summed E-state index contributed by atoms with van der Waals surface area (Å²) in [6.07, 6.45) is 2.41. The van der Waals surface area contributed by atoms with Gasteiger partial charge < -0.3 is 14.0 Å². The van der Waals surface area contributed by atoms with Crippen LogP contribution >= 0.6 is 0 Å². The number of hydrogen-bond acceptors (Lipinski definition) is 4. The first kappa shape index (κ1) is 13.9. The highest BCUT2D eigenvalue weighted by molar-refractivity contribution is 5.80. The van der Waals surface area contributed by atoms with Crippen LogP contribution in [0, 0.1) is 0 Å². The van der Waals surface area contributed by atoms with Gasteiger partial charge in [-0.25, -0.2) is 0 Å². The summed E-state index contributed by atoms with van der Waals surface area (Å²) in [6.45, 7) is 0.723. The third kappa shape index (κ3) is 3.26. The van der Waals surface area contributed by atoms with Crippen LogP contribution in [0.15, 0.2) is 47.4 Å². The molecular weight excluding hydrogens is 258 g/mol. The summed E-state index contributed by atoms with van der Waals surface area (Å²) >= 11 is 0. The predicted octanol–water partition coefficient (Wildman–Crippen LogP) is 1.75. The monoisotopic (exact) mass is 273 g/mol. The number of ether oxygens (including phenoxy) is 2. The van der Waals surface area contributed by atoms with Crippen molar-refractivity contribution < 1.29 is 14.3 Å². The molecule has 0 aliphatic heterocycles. The summed E-state index contributed by atoms with van der Waals surface area (Å²) in [7, 11) is 1.53. The van der Waals surface area contributed by atoms with E-state index in [-0.39, 0.29) is 5.56 Å². The lowest BCUT2D eigenvalue weighted by molar-refractivity contribution is 0.111. The molecular formula is C15H15NO4. The molecule has 20 heavy (non-hydrogen) atoms. The third-order valence-electron chi connectivity index (χ3n) is 2.83. The number of pyridine rings is 1. The van der Waals surface area contributed by atoms with E-state index in [1.54, 1.807) is 41.1 Å². The van der Waals surface area contributed by atoms with Crippen molar-refractivity contribution in [2.45, 2.75) is 6.54 Å². The van der Waals surface area contributed by atoms with Crippen molar-refractivity contribution in [1.82, 2.24) is 4.57 Å². The van der Waals surface area contributed by atoms with Crippen LogP contribution < -0.4 is 15.0 Å². The molecule has 0 bridgehead atoms. The number of rotatable bonds is 6. The number of carbonyl (C=O) groups is 1. The molecule has 0 aliphatic rings. The maximum atomic E-state index is 11.5. The summed E-state index contributed by atoms with van der Waals surface area (Å²) in [5, 5.41) is 0. The highest BCUT2D eigenvalue weighted by atomic mass is 16.5. The van der Waals surface area contributed by atoms with Crippen molar-refractivity contribution in [2.24, 2.45) is 0 Å². The minimum Gasteiger partial charge on any atom is -0.497 e. The first-order valence-electron chi connectivity index (χ1n) is 6.16. The minimum atomic E-state index is -0.0820. The standard InChI is InChI=1S/C15H15NO4/c1-19-13-5-6-14(12(10-13)11-17)20-9-8-16-7-3-2-4-15(16)18/h2-7,10-11H,8-9H2,1H3. The Morgan fingerprint density at radius 2 is 2.10 bits per heavy atom. The number of carbonyl (C=O) groups excluding carboxylic acids is 1. The molecule has 5 nitrogen and oxygen atoms in total. The second-order valence-corrected chi connectivity index (χ2v) is 4.10. The van der Waals surface area contributed by atoms with E-state index in [4.69, 9.17) is 9.47 Å². The van der Waals surface area contributed by atoms with Gasteiger partial charge in [-0.2, -0.15) is 0 Å². The highest BCUT2D eigenvalue weighted by Gasteiger charge is 2.05. The summed E-state index contributed by atoms with van der Waals surface area (Å²) in [6, 6.07) is 9.97. The smallest absolute Gasteiger partial charge is 0.250 e. The van der Waals surface area contributed by atoms with E-state index in [1.807, 2.05) is 0 Å². The van der Waals surface area contributed by atoms with Gasteiger partial charge in [0, 0.05) is 12.3 Å². The molecule has 2 rings (SSSR count). The van der Waals surface area contributed by atoms with E-state index < -0.39 is 0 Å². The number of aldehydes is 1. The summed E-state index contributed by atoms with van der Waals surface area (Å²) in [5.41, 5.74) is 0.339. The van der Waals surface area contributed by atoms with Gasteiger partial charge in [0.25, 0.3) is 5.56 Å². The van der Waals surface area contributed by atoms with Crippen molar-refractivity contribution in [2.75, 3.05) is 13.7 Å². The number of hydrogen-bond donors (Lipinski definition) is 0. The van der Waals surface area contributed by atoms with E-state index in [0.29, 0.717) is 36.5 Å². The van der Waals surface area contributed by atoms with Gasteiger partial charge >= 0.3 is 0 Å². The van der Waals surface area contributed by atoms with Gasteiger partial charge in [0.15, 0.2) is 6.29 Å². The van der Waals surface area contributed by atoms with Gasteiger partial charge in [0.05, 0.1) is 19.2 Å². The molecule has 0 spiro atoms. The molecule has 0 N–H and O–H groups in total. The van der Waals surface area contributed by atoms with Crippen LogP contribution in [0.2, 0.25) is 0 Å². The zero-order valence-electron chi connectivity index (χ0n) is 11.1. The van der Waals surface area contributed by atoms with Crippen LogP contribution in [-0.4, -0.2) is 24.6 Å². The van der Waals surface area contributed by atoms with Gasteiger partial charge in [-0.1, -0.05) is 6.07 Å². The Bertz CT molecular complexity index is 648. The topological polar surface area (TPSA) is 57.5 Å². The average Bonchev–Trinajstić information content (AvgIpc) is 2.49. The molecule has 104 valence electrons. The SMILES string of the molecule is COc1ccc(OCCn2ccccc2=O)c(C=O)c1. The van der Waals surface area contributed by atoms with Crippen molar-refractivity contribution in [3.05, 3.63) is 58.5 Å². The second-order valence-electron chi connectivity index (χ2n) is 4.10. The lowest BCUT2D eigenvalue weighted by Crippen LogP contribution is -2.21. The lowest BCUT2D eigenvalue weighted by Gasteiger charge is -2.10. The lowest BCUT2D eigenvalue weighted by atomic mass is 10.2. The Morgan fingerprint density at radius 1 is 1.25 bits per heavy atom. The molecule has 0 amide bonds. The van der Waals surface area contributed by atoms with Crippen LogP contribution in [0.25, 0.3) is 0 Å². The molecule has 1 aromatic heterocycles. The van der Waals surface area contributed by atoms with Gasteiger partial charge in [0.1, 0.15) is 18.1 Å². The van der Waals surface area contributed by atoms with E-state index in [1.165, 1.54) is 13.2 Å². The van der Waals surface area contributed by atoms with E-state index >= 15 is 0 Å². The Morgan fingerprint density at radius 3 is 2.80 bits per heavy atom. The average molecular weight is 273 g/mol. The Balaban J connectivity index is 2.02. The van der Waals surface area contributed by atoms with Crippen molar-refractivity contribution in [3.63, 3.8) is 0 Å². The molecule has 1 heterocycles. The fraction of sp³-hybridized carbons (Fsp3) is 0.200. The first-order chi connectivity index (χ1) is 9.74.